The predicted molar refractivity (Wildman–Crippen MR) is 165 cm³/mol. The van der Waals surface area contributed by atoms with Crippen molar-refractivity contribution in [1.82, 2.24) is 0 Å². The zero-order valence-corrected chi connectivity index (χ0v) is 28.0. The van der Waals surface area contributed by atoms with Crippen molar-refractivity contribution in [3.8, 4) is 0 Å². The molecule has 1 heterocycles. The molecule has 0 spiro atoms. The van der Waals surface area contributed by atoms with Crippen LogP contribution in [0.15, 0.2) is 11.6 Å². The molecule has 0 aromatic heterocycles. The number of ether oxygens (including phenoxy) is 2. The zero-order valence-electron chi connectivity index (χ0n) is 28.0. The highest BCUT2D eigenvalue weighted by Crippen LogP contribution is 2.75. The van der Waals surface area contributed by atoms with Gasteiger partial charge in [-0.15, -0.1) is 0 Å². The fraction of sp³-hybridized carbons (Fsp3) is 0.944. The average Bonchev–Trinajstić information content (AvgIpc) is 2.92. The van der Waals surface area contributed by atoms with E-state index in [4.69, 9.17) is 9.47 Å². The number of allylic oxidation sites excluding steroid dienone is 2. The van der Waals surface area contributed by atoms with Crippen LogP contribution in [0, 0.1) is 50.2 Å². The van der Waals surface area contributed by atoms with Crippen LogP contribution in [-0.4, -0.2) is 75.1 Å². The maximum atomic E-state index is 11.4. The fourth-order valence-electron chi connectivity index (χ4n) is 12.2. The number of rotatable bonds is 3. The topological polar surface area (TPSA) is 120 Å². The van der Waals surface area contributed by atoms with Gasteiger partial charge in [0.25, 0.3) is 0 Å². The first-order valence-corrected chi connectivity index (χ1v) is 17.2. The van der Waals surface area contributed by atoms with Crippen molar-refractivity contribution in [1.29, 1.82) is 0 Å². The van der Waals surface area contributed by atoms with Gasteiger partial charge in [0.2, 0.25) is 0 Å². The number of aliphatic hydroxyl groups is 5. The van der Waals surface area contributed by atoms with Gasteiger partial charge >= 0.3 is 0 Å². The lowest BCUT2D eigenvalue weighted by atomic mass is 9.33. The van der Waals surface area contributed by atoms with E-state index in [9.17, 15) is 25.5 Å². The van der Waals surface area contributed by atoms with Crippen molar-refractivity contribution in [2.24, 2.45) is 50.2 Å². The summed E-state index contributed by atoms with van der Waals surface area (Å²) < 4.78 is 12.3. The molecule has 0 unspecified atom stereocenters. The molecule has 14 atom stereocenters. The molecule has 7 heteroatoms. The van der Waals surface area contributed by atoms with E-state index in [1.165, 1.54) is 0 Å². The van der Waals surface area contributed by atoms with Crippen LogP contribution in [0.2, 0.25) is 0 Å². The second kappa shape index (κ2) is 10.2. The molecular formula is C36H60O7. The summed E-state index contributed by atoms with van der Waals surface area (Å²) in [5.74, 6) is 1.41. The molecule has 0 amide bonds. The SMILES string of the molecule is CC1(C)C[C@H](O)[C@]2(C)CC[C@]3(C)C(=CC[C@@H]4[C@@]5(C)CC[C@H](O[C@@H]6O[C@H](CO)[C@H](O)[C@H](O)[C@H]6O)C(C)(C)[C@@H]5CC[C@]43C)[C@@H]2C1. The van der Waals surface area contributed by atoms with Crippen LogP contribution in [0.4, 0.5) is 0 Å². The van der Waals surface area contributed by atoms with Crippen molar-refractivity contribution >= 4 is 0 Å². The van der Waals surface area contributed by atoms with Crippen LogP contribution in [-0.2, 0) is 9.47 Å². The van der Waals surface area contributed by atoms with Gasteiger partial charge in [0.1, 0.15) is 24.4 Å². The van der Waals surface area contributed by atoms with Crippen molar-refractivity contribution in [3.05, 3.63) is 11.6 Å². The Balaban J connectivity index is 1.28. The van der Waals surface area contributed by atoms with E-state index >= 15 is 0 Å². The Morgan fingerprint density at radius 3 is 2.16 bits per heavy atom. The second-order valence-corrected chi connectivity index (χ2v) is 18.1. The lowest BCUT2D eigenvalue weighted by Gasteiger charge is -2.71. The Kier molecular flexibility index (Phi) is 7.71. The summed E-state index contributed by atoms with van der Waals surface area (Å²) in [6, 6.07) is 0. The molecule has 0 bridgehead atoms. The van der Waals surface area contributed by atoms with E-state index in [1.807, 2.05) is 0 Å². The van der Waals surface area contributed by atoms with Crippen LogP contribution in [0.3, 0.4) is 0 Å². The van der Waals surface area contributed by atoms with Crippen molar-refractivity contribution in [2.45, 2.75) is 156 Å². The van der Waals surface area contributed by atoms with E-state index in [2.05, 4.69) is 61.5 Å². The maximum absolute atomic E-state index is 11.4. The molecule has 1 saturated heterocycles. The second-order valence-electron chi connectivity index (χ2n) is 18.1. The quantitative estimate of drug-likeness (QED) is 0.228. The minimum Gasteiger partial charge on any atom is -0.394 e. The van der Waals surface area contributed by atoms with Gasteiger partial charge in [0, 0.05) is 5.41 Å². The van der Waals surface area contributed by atoms with E-state index in [0.717, 1.165) is 57.8 Å². The van der Waals surface area contributed by atoms with Crippen LogP contribution >= 0.6 is 0 Å². The average molecular weight is 605 g/mol. The summed E-state index contributed by atoms with van der Waals surface area (Å²) in [6.07, 6.45) is 5.47. The third-order valence-corrected chi connectivity index (χ3v) is 15.2. The highest BCUT2D eigenvalue weighted by Gasteiger charge is 2.69. The summed E-state index contributed by atoms with van der Waals surface area (Å²) in [5.41, 5.74) is 1.99. The first kappa shape index (κ1) is 32.4. The maximum Gasteiger partial charge on any atom is 0.186 e. The highest BCUT2D eigenvalue weighted by molar-refractivity contribution is 5.34. The third kappa shape index (κ3) is 4.45. The Hall–Kier alpha value is -0.540. The van der Waals surface area contributed by atoms with Gasteiger partial charge in [-0.1, -0.05) is 67.0 Å². The zero-order chi connectivity index (χ0) is 31.5. The van der Waals surface area contributed by atoms with Gasteiger partial charge < -0.3 is 35.0 Å². The molecule has 5 N–H and O–H groups in total. The molecule has 6 rings (SSSR count). The lowest BCUT2D eigenvalue weighted by molar-refractivity contribution is -0.330. The molecule has 43 heavy (non-hydrogen) atoms. The Morgan fingerprint density at radius 2 is 1.49 bits per heavy atom. The van der Waals surface area contributed by atoms with Gasteiger partial charge in [-0.25, -0.2) is 0 Å². The molecule has 5 fully saturated rings. The minimum absolute atomic E-state index is 0.0348. The van der Waals surface area contributed by atoms with E-state index in [0.29, 0.717) is 17.8 Å². The summed E-state index contributed by atoms with van der Waals surface area (Å²) >= 11 is 0. The molecule has 0 radical (unpaired) electrons. The lowest BCUT2D eigenvalue weighted by Crippen LogP contribution is -2.66. The number of aliphatic hydroxyl groups excluding tert-OH is 5. The van der Waals surface area contributed by atoms with Crippen LogP contribution in [0.1, 0.15) is 113 Å². The van der Waals surface area contributed by atoms with Crippen molar-refractivity contribution < 1.29 is 35.0 Å². The Bertz CT molecular complexity index is 1120. The normalized spacial score (nSPS) is 55.7. The molecule has 1 aliphatic heterocycles. The van der Waals surface area contributed by atoms with Gasteiger partial charge in [-0.05, 0) is 103 Å². The van der Waals surface area contributed by atoms with Crippen LogP contribution in [0.25, 0.3) is 0 Å². The van der Waals surface area contributed by atoms with Gasteiger partial charge in [-0.3, -0.25) is 0 Å². The monoisotopic (exact) mass is 604 g/mol. The van der Waals surface area contributed by atoms with Crippen LogP contribution in [0.5, 0.6) is 0 Å². The molecule has 0 aromatic carbocycles. The Labute approximate surface area is 259 Å². The largest absolute Gasteiger partial charge is 0.394 e. The molecule has 6 aliphatic rings. The third-order valence-electron chi connectivity index (χ3n) is 15.2. The molecular weight excluding hydrogens is 544 g/mol. The fourth-order valence-corrected chi connectivity index (χ4v) is 12.2. The molecule has 7 nitrogen and oxygen atoms in total. The van der Waals surface area contributed by atoms with E-state index in [1.54, 1.807) is 5.57 Å². The first-order valence-electron chi connectivity index (χ1n) is 17.2. The minimum atomic E-state index is -1.43. The molecule has 4 saturated carbocycles. The predicted octanol–water partition coefficient (Wildman–Crippen LogP) is 4.96. The Morgan fingerprint density at radius 1 is 0.791 bits per heavy atom. The number of hydrogen-bond donors (Lipinski definition) is 5. The number of fused-ring (bicyclic) bond motifs is 7. The van der Waals surface area contributed by atoms with Gasteiger partial charge in [0.15, 0.2) is 6.29 Å². The van der Waals surface area contributed by atoms with Gasteiger partial charge in [-0.2, -0.15) is 0 Å². The van der Waals surface area contributed by atoms with E-state index < -0.39 is 37.3 Å². The summed E-state index contributed by atoms with van der Waals surface area (Å²) in [6.45, 7) is 18.9. The van der Waals surface area contributed by atoms with Crippen molar-refractivity contribution in [3.63, 3.8) is 0 Å². The standard InChI is InChI=1S/C36H60O7/c1-31(2)17-21-20-9-10-24-34(6)13-12-26(43-30-29(41)28(40)27(39)22(19-37)42-30)32(3,4)23(34)11-14-36(24,8)35(20,7)16-15-33(21,5)25(38)18-31/h9,21-30,37-41H,10-19H2,1-8H3/t21-,22+,23-,24+,25-,26-,27-,28-,29+,30-,33+,34-,35+,36+/m0/s1. The molecule has 246 valence electrons. The molecule has 0 aromatic rings. The van der Waals surface area contributed by atoms with Crippen LogP contribution < -0.4 is 0 Å². The highest BCUT2D eigenvalue weighted by atomic mass is 16.7. The summed E-state index contributed by atoms with van der Waals surface area (Å²) in [7, 11) is 0. The summed E-state index contributed by atoms with van der Waals surface area (Å²) in [5, 5.41) is 52.5. The number of hydrogen-bond acceptors (Lipinski definition) is 7. The smallest absolute Gasteiger partial charge is 0.186 e. The van der Waals surface area contributed by atoms with Gasteiger partial charge in [0.05, 0.1) is 18.8 Å². The summed E-state index contributed by atoms with van der Waals surface area (Å²) in [4.78, 5) is 0. The first-order chi connectivity index (χ1) is 19.9. The van der Waals surface area contributed by atoms with Crippen molar-refractivity contribution in [2.75, 3.05) is 6.61 Å². The van der Waals surface area contributed by atoms with E-state index in [-0.39, 0.29) is 44.7 Å². The molecule has 5 aliphatic carbocycles.